The number of nitrogens with zero attached hydrogens (tertiary/aromatic N) is 2. The first-order chi connectivity index (χ1) is 12.5. The zero-order valence-corrected chi connectivity index (χ0v) is 13.5. The lowest BCUT2D eigenvalue weighted by Gasteiger charge is -2.10. The van der Waals surface area contributed by atoms with Crippen molar-refractivity contribution in [3.8, 4) is 12.3 Å². The van der Waals surface area contributed by atoms with Crippen LogP contribution in [0.1, 0.15) is 16.1 Å². The summed E-state index contributed by atoms with van der Waals surface area (Å²) in [6.45, 7) is -0.0169. The van der Waals surface area contributed by atoms with Crippen LogP contribution in [0.5, 0.6) is 0 Å². The van der Waals surface area contributed by atoms with Gasteiger partial charge in [0.15, 0.2) is 11.6 Å². The molecule has 0 aliphatic rings. The van der Waals surface area contributed by atoms with Crippen LogP contribution in [0.2, 0.25) is 0 Å². The van der Waals surface area contributed by atoms with Crippen LogP contribution in [0.4, 0.5) is 8.78 Å². The second-order valence-corrected chi connectivity index (χ2v) is 5.47. The molecule has 0 fully saturated rings. The normalized spacial score (nSPS) is 10.5. The molecule has 3 aromatic rings. The van der Waals surface area contributed by atoms with Crippen molar-refractivity contribution in [3.63, 3.8) is 0 Å². The van der Waals surface area contributed by atoms with Gasteiger partial charge in [-0.15, -0.1) is 6.42 Å². The number of carbonyl (C=O) groups is 1. The number of carbonyl (C=O) groups excluding carboxylic acids is 1. The number of nitrogens with one attached hydrogen (secondary N) is 1. The molecule has 1 N–H and O–H groups in total. The van der Waals surface area contributed by atoms with Crippen LogP contribution in [0.25, 0.3) is 10.8 Å². The third-order valence-corrected chi connectivity index (χ3v) is 3.78. The van der Waals surface area contributed by atoms with Crippen molar-refractivity contribution in [1.82, 2.24) is 15.1 Å². The fourth-order valence-corrected chi connectivity index (χ4v) is 2.53. The van der Waals surface area contributed by atoms with E-state index >= 15 is 0 Å². The van der Waals surface area contributed by atoms with Gasteiger partial charge < -0.3 is 5.32 Å². The number of rotatable bonds is 4. The average molecular weight is 353 g/mol. The maximum Gasteiger partial charge on any atom is 0.275 e. The molecule has 0 unspecified atom stereocenters. The van der Waals surface area contributed by atoms with Crippen LogP contribution < -0.4 is 10.9 Å². The van der Waals surface area contributed by atoms with Crippen LogP contribution in [-0.2, 0) is 13.1 Å². The zero-order chi connectivity index (χ0) is 18.7. The highest BCUT2D eigenvalue weighted by Gasteiger charge is 2.13. The SMILES string of the molecule is C#CCn1nc(CNC(=O)c2ccc(F)c(F)c2)c2ccccc2c1=O. The molecule has 5 nitrogen and oxygen atoms in total. The largest absolute Gasteiger partial charge is 0.346 e. The summed E-state index contributed by atoms with van der Waals surface area (Å²) in [6, 6.07) is 9.69. The Morgan fingerprint density at radius 1 is 1.15 bits per heavy atom. The Labute approximate surface area is 147 Å². The first kappa shape index (κ1) is 17.3. The average Bonchev–Trinajstić information content (AvgIpc) is 2.65. The molecule has 1 aromatic heterocycles. The lowest BCUT2D eigenvalue weighted by Crippen LogP contribution is -2.28. The van der Waals surface area contributed by atoms with E-state index in [0.29, 0.717) is 16.5 Å². The number of terminal acetylenes is 1. The van der Waals surface area contributed by atoms with E-state index in [-0.39, 0.29) is 24.2 Å². The number of hydrogen-bond acceptors (Lipinski definition) is 3. The van der Waals surface area contributed by atoms with Crippen molar-refractivity contribution in [2.45, 2.75) is 13.1 Å². The molecule has 26 heavy (non-hydrogen) atoms. The highest BCUT2D eigenvalue weighted by atomic mass is 19.2. The summed E-state index contributed by atoms with van der Waals surface area (Å²) >= 11 is 0. The van der Waals surface area contributed by atoms with E-state index in [4.69, 9.17) is 6.42 Å². The highest BCUT2D eigenvalue weighted by molar-refractivity contribution is 5.94. The fraction of sp³-hybridized carbons (Fsp3) is 0.105. The molecular weight excluding hydrogens is 340 g/mol. The molecule has 0 aliphatic carbocycles. The molecule has 1 amide bonds. The summed E-state index contributed by atoms with van der Waals surface area (Å²) in [5.74, 6) is -0.378. The Balaban J connectivity index is 1.92. The van der Waals surface area contributed by atoms with Gasteiger partial charge in [0.2, 0.25) is 0 Å². The van der Waals surface area contributed by atoms with E-state index in [1.807, 2.05) is 0 Å². The van der Waals surface area contributed by atoms with Gasteiger partial charge in [-0.25, -0.2) is 13.5 Å². The van der Waals surface area contributed by atoms with Gasteiger partial charge >= 0.3 is 0 Å². The van der Waals surface area contributed by atoms with Crippen molar-refractivity contribution in [2.75, 3.05) is 0 Å². The molecule has 0 bridgehead atoms. The summed E-state index contributed by atoms with van der Waals surface area (Å²) in [5.41, 5.74) is 0.0887. The number of aromatic nitrogens is 2. The van der Waals surface area contributed by atoms with Gasteiger partial charge in [0.1, 0.15) is 6.54 Å². The van der Waals surface area contributed by atoms with Crippen LogP contribution >= 0.6 is 0 Å². The lowest BCUT2D eigenvalue weighted by molar-refractivity contribution is 0.0950. The number of fused-ring (bicyclic) bond motifs is 1. The number of halogens is 2. The molecule has 0 saturated carbocycles. The third-order valence-electron chi connectivity index (χ3n) is 3.78. The first-order valence-electron chi connectivity index (χ1n) is 7.66. The molecule has 0 spiro atoms. The molecular formula is C19H13F2N3O2. The topological polar surface area (TPSA) is 64.0 Å². The van der Waals surface area contributed by atoms with Gasteiger partial charge in [-0.1, -0.05) is 24.1 Å². The number of hydrogen-bond donors (Lipinski definition) is 1. The van der Waals surface area contributed by atoms with Gasteiger partial charge in [-0.2, -0.15) is 5.10 Å². The smallest absolute Gasteiger partial charge is 0.275 e. The second-order valence-electron chi connectivity index (χ2n) is 5.47. The predicted octanol–water partition coefficient (Wildman–Crippen LogP) is 2.24. The van der Waals surface area contributed by atoms with Gasteiger partial charge in [-0.3, -0.25) is 9.59 Å². The van der Waals surface area contributed by atoms with Crippen LogP contribution in [-0.4, -0.2) is 15.7 Å². The molecule has 1 heterocycles. The summed E-state index contributed by atoms with van der Waals surface area (Å²) in [4.78, 5) is 24.5. The fourth-order valence-electron chi connectivity index (χ4n) is 2.53. The molecule has 2 aromatic carbocycles. The van der Waals surface area contributed by atoms with Crippen LogP contribution in [0.3, 0.4) is 0 Å². The molecule has 0 atom stereocenters. The van der Waals surface area contributed by atoms with E-state index in [0.717, 1.165) is 16.8 Å². The van der Waals surface area contributed by atoms with E-state index in [9.17, 15) is 18.4 Å². The minimum atomic E-state index is -1.11. The molecule has 130 valence electrons. The summed E-state index contributed by atoms with van der Waals surface area (Å²) < 4.78 is 27.4. The molecule has 7 heteroatoms. The maximum absolute atomic E-state index is 13.3. The first-order valence-corrected chi connectivity index (χ1v) is 7.66. The van der Waals surface area contributed by atoms with Crippen LogP contribution in [0, 0.1) is 24.0 Å². The minimum absolute atomic E-state index is 0.00616. The Morgan fingerprint density at radius 2 is 1.88 bits per heavy atom. The summed E-state index contributed by atoms with van der Waals surface area (Å²) in [6.07, 6.45) is 5.26. The summed E-state index contributed by atoms with van der Waals surface area (Å²) in [5, 5.41) is 7.79. The Hall–Kier alpha value is -3.53. The van der Waals surface area contributed by atoms with Crippen molar-refractivity contribution >= 4 is 16.7 Å². The molecule has 3 rings (SSSR count). The third kappa shape index (κ3) is 3.30. The lowest BCUT2D eigenvalue weighted by atomic mass is 10.1. The van der Waals surface area contributed by atoms with Crippen LogP contribution in [0.15, 0.2) is 47.3 Å². The number of amides is 1. The summed E-state index contributed by atoms with van der Waals surface area (Å²) in [7, 11) is 0. The minimum Gasteiger partial charge on any atom is -0.346 e. The van der Waals surface area contributed by atoms with Gasteiger partial charge in [-0.05, 0) is 24.3 Å². The Morgan fingerprint density at radius 3 is 2.58 bits per heavy atom. The standard InChI is InChI=1S/C19H13F2N3O2/c1-2-9-24-19(26)14-6-4-3-5-13(14)17(23-24)11-22-18(25)12-7-8-15(20)16(21)10-12/h1,3-8,10H,9,11H2,(H,22,25). The molecule has 0 radical (unpaired) electrons. The monoisotopic (exact) mass is 353 g/mol. The predicted molar refractivity (Wildman–Crippen MR) is 92.4 cm³/mol. The van der Waals surface area contributed by atoms with Gasteiger partial charge in [0.25, 0.3) is 11.5 Å². The van der Waals surface area contributed by atoms with E-state index in [2.05, 4.69) is 16.3 Å². The van der Waals surface area contributed by atoms with Crippen molar-refractivity contribution in [3.05, 3.63) is 75.7 Å². The Bertz CT molecular complexity index is 1100. The maximum atomic E-state index is 13.3. The second kappa shape index (κ2) is 7.15. The molecule has 0 aliphatic heterocycles. The van der Waals surface area contributed by atoms with E-state index < -0.39 is 17.5 Å². The quantitative estimate of drug-likeness (QED) is 0.732. The van der Waals surface area contributed by atoms with Gasteiger partial charge in [0, 0.05) is 10.9 Å². The van der Waals surface area contributed by atoms with Crippen molar-refractivity contribution in [1.29, 1.82) is 0 Å². The van der Waals surface area contributed by atoms with E-state index in [1.54, 1.807) is 24.3 Å². The van der Waals surface area contributed by atoms with Gasteiger partial charge in [0.05, 0.1) is 17.6 Å². The zero-order valence-electron chi connectivity index (χ0n) is 13.5. The van der Waals surface area contributed by atoms with Crippen molar-refractivity contribution < 1.29 is 13.6 Å². The number of benzene rings is 2. The van der Waals surface area contributed by atoms with E-state index in [1.165, 1.54) is 6.07 Å². The Kier molecular flexibility index (Phi) is 4.76. The van der Waals surface area contributed by atoms with Crippen molar-refractivity contribution in [2.24, 2.45) is 0 Å². The molecule has 0 saturated heterocycles. The highest BCUT2D eigenvalue weighted by Crippen LogP contribution is 2.14.